The van der Waals surface area contributed by atoms with E-state index in [1.165, 1.54) is 0 Å². The molecule has 1 aliphatic rings. The number of hydrogen-bond donors (Lipinski definition) is 0. The summed E-state index contributed by atoms with van der Waals surface area (Å²) in [6, 6.07) is 0.247. The van der Waals surface area contributed by atoms with Crippen molar-refractivity contribution in [2.24, 2.45) is 0 Å². The second kappa shape index (κ2) is 8.06. The molecule has 0 spiro atoms. The Morgan fingerprint density at radius 1 is 1.22 bits per heavy atom. The van der Waals surface area contributed by atoms with Gasteiger partial charge in [-0.3, -0.25) is 14.3 Å². The molecule has 0 radical (unpaired) electrons. The molecule has 0 saturated carbocycles. The Labute approximate surface area is 160 Å². The first-order valence-corrected chi connectivity index (χ1v) is 9.70. The van der Waals surface area contributed by atoms with Crippen molar-refractivity contribution in [1.29, 1.82) is 0 Å². The van der Waals surface area contributed by atoms with Crippen molar-refractivity contribution < 1.29 is 9.59 Å². The summed E-state index contributed by atoms with van der Waals surface area (Å²) in [6.45, 7) is 9.09. The molecule has 1 atom stereocenters. The van der Waals surface area contributed by atoms with Gasteiger partial charge in [-0.2, -0.15) is 5.10 Å². The molecule has 0 aliphatic carbocycles. The minimum atomic E-state index is -0.00440. The van der Waals surface area contributed by atoms with Crippen molar-refractivity contribution in [3.8, 4) is 0 Å². The molecule has 3 rings (SSSR count). The molecule has 146 valence electrons. The van der Waals surface area contributed by atoms with Gasteiger partial charge in [0.1, 0.15) is 12.4 Å². The van der Waals surface area contributed by atoms with E-state index in [0.29, 0.717) is 11.3 Å². The summed E-state index contributed by atoms with van der Waals surface area (Å²) in [4.78, 5) is 31.1. The van der Waals surface area contributed by atoms with Crippen LogP contribution in [0.15, 0.2) is 12.4 Å². The summed E-state index contributed by atoms with van der Waals surface area (Å²) in [6.07, 6.45) is 7.97. The highest BCUT2D eigenvalue weighted by atomic mass is 16.2. The van der Waals surface area contributed by atoms with Crippen molar-refractivity contribution in [3.63, 3.8) is 0 Å². The number of nitrogens with zero attached hydrogens (tertiary/aromatic N) is 5. The number of aryl methyl sites for hydroxylation is 3. The summed E-state index contributed by atoms with van der Waals surface area (Å²) < 4.78 is 3.82. The maximum atomic E-state index is 13.0. The first kappa shape index (κ1) is 19.3. The lowest BCUT2D eigenvalue weighted by Crippen LogP contribution is -2.45. The average molecular weight is 371 g/mol. The number of piperidine rings is 1. The molecule has 0 aromatic carbocycles. The van der Waals surface area contributed by atoms with Crippen molar-refractivity contribution in [3.05, 3.63) is 35.2 Å². The lowest BCUT2D eigenvalue weighted by molar-refractivity contribution is -0.136. The van der Waals surface area contributed by atoms with Gasteiger partial charge in [0.15, 0.2) is 5.78 Å². The number of carbonyl (C=O) groups is 2. The number of likely N-dealkylation sites (tertiary alicyclic amines) is 1. The fourth-order valence-electron chi connectivity index (χ4n) is 4.14. The van der Waals surface area contributed by atoms with Gasteiger partial charge < -0.3 is 9.47 Å². The van der Waals surface area contributed by atoms with Crippen LogP contribution in [0.4, 0.5) is 0 Å². The Morgan fingerprint density at radius 3 is 2.63 bits per heavy atom. The van der Waals surface area contributed by atoms with Gasteiger partial charge in [-0.15, -0.1) is 0 Å². The van der Waals surface area contributed by atoms with Crippen molar-refractivity contribution in [2.75, 3.05) is 6.54 Å². The molecule has 1 saturated heterocycles. The zero-order valence-corrected chi connectivity index (χ0v) is 16.7. The van der Waals surface area contributed by atoms with E-state index in [0.717, 1.165) is 50.3 Å². The highest BCUT2D eigenvalue weighted by Gasteiger charge is 2.27. The first-order chi connectivity index (χ1) is 12.9. The minimum absolute atomic E-state index is 0.00440. The lowest BCUT2D eigenvalue weighted by Gasteiger charge is -2.36. The maximum Gasteiger partial charge on any atom is 0.244 e. The van der Waals surface area contributed by atoms with Gasteiger partial charge in [0, 0.05) is 37.2 Å². The lowest BCUT2D eigenvalue weighted by atomic mass is 9.99. The second-order valence-electron chi connectivity index (χ2n) is 7.45. The molecule has 2 aromatic heterocycles. The number of Topliss-reactive ketones (excluding diaryl/α,β-unsaturated/α-hetero) is 1. The number of ketones is 1. The summed E-state index contributed by atoms with van der Waals surface area (Å²) >= 11 is 0. The normalized spacial score (nSPS) is 17.3. The van der Waals surface area contributed by atoms with Gasteiger partial charge in [0.2, 0.25) is 5.91 Å². The van der Waals surface area contributed by atoms with Gasteiger partial charge >= 0.3 is 0 Å². The van der Waals surface area contributed by atoms with E-state index in [1.807, 2.05) is 38.1 Å². The Bertz CT molecular complexity index is 836. The van der Waals surface area contributed by atoms with E-state index in [9.17, 15) is 9.59 Å². The monoisotopic (exact) mass is 371 g/mol. The van der Waals surface area contributed by atoms with E-state index < -0.39 is 0 Å². The molecule has 0 N–H and O–H groups in total. The predicted octanol–water partition coefficient (Wildman–Crippen LogP) is 2.68. The Hall–Kier alpha value is -2.44. The molecule has 3 heterocycles. The molecular formula is C20H29N5O2. The van der Waals surface area contributed by atoms with Crippen LogP contribution >= 0.6 is 0 Å². The number of amides is 1. The Kier molecular flexibility index (Phi) is 5.77. The fraction of sp³-hybridized carbons (Fsp3) is 0.600. The van der Waals surface area contributed by atoms with E-state index in [-0.39, 0.29) is 24.3 Å². The van der Waals surface area contributed by atoms with Crippen LogP contribution in [-0.4, -0.2) is 48.5 Å². The molecule has 27 heavy (non-hydrogen) atoms. The Balaban J connectivity index is 1.69. The van der Waals surface area contributed by atoms with Gasteiger partial charge in [-0.25, -0.2) is 4.98 Å². The fourth-order valence-corrected chi connectivity index (χ4v) is 4.14. The number of hydrogen-bond acceptors (Lipinski definition) is 4. The molecule has 2 aromatic rings. The molecule has 7 nitrogen and oxygen atoms in total. The van der Waals surface area contributed by atoms with Gasteiger partial charge in [-0.1, -0.05) is 0 Å². The molecule has 1 aliphatic heterocycles. The summed E-state index contributed by atoms with van der Waals surface area (Å²) in [5.41, 5.74) is 2.10. The molecule has 0 bridgehead atoms. The molecule has 7 heteroatoms. The van der Waals surface area contributed by atoms with Crippen LogP contribution in [0.2, 0.25) is 0 Å². The highest BCUT2D eigenvalue weighted by Crippen LogP contribution is 2.22. The number of aromatic nitrogens is 4. The van der Waals surface area contributed by atoms with Crippen molar-refractivity contribution in [1.82, 2.24) is 24.2 Å². The number of carbonyl (C=O) groups excluding carboxylic acids is 2. The van der Waals surface area contributed by atoms with Crippen LogP contribution in [0.3, 0.4) is 0 Å². The van der Waals surface area contributed by atoms with Gasteiger partial charge in [0.05, 0.1) is 11.3 Å². The predicted molar refractivity (Wildman–Crippen MR) is 103 cm³/mol. The third-order valence-corrected chi connectivity index (χ3v) is 5.59. The van der Waals surface area contributed by atoms with Gasteiger partial charge in [0.25, 0.3) is 0 Å². The topological polar surface area (TPSA) is 73.0 Å². The first-order valence-electron chi connectivity index (χ1n) is 9.70. The standard InChI is InChI=1S/C20H29N5O2/c1-14-20(16(3)26)15(2)25(22-14)13-19(27)24-10-6-5-7-18(24)8-11-23-12-9-21-17(23)4/h9,12,18H,5-8,10-11,13H2,1-4H3. The molecule has 1 unspecified atom stereocenters. The smallest absolute Gasteiger partial charge is 0.244 e. The zero-order chi connectivity index (χ0) is 19.6. The van der Waals surface area contributed by atoms with E-state index >= 15 is 0 Å². The third-order valence-electron chi connectivity index (χ3n) is 5.59. The van der Waals surface area contributed by atoms with Crippen LogP contribution in [0.1, 0.15) is 60.2 Å². The second-order valence-corrected chi connectivity index (χ2v) is 7.45. The van der Waals surface area contributed by atoms with Crippen LogP contribution in [0.5, 0.6) is 0 Å². The van der Waals surface area contributed by atoms with E-state index in [1.54, 1.807) is 11.6 Å². The quantitative estimate of drug-likeness (QED) is 0.732. The SMILES string of the molecule is CC(=O)c1c(C)nn(CC(=O)N2CCCCC2CCn2ccnc2C)c1C. The molecule has 1 fully saturated rings. The van der Waals surface area contributed by atoms with Crippen molar-refractivity contribution in [2.45, 2.75) is 72.5 Å². The van der Waals surface area contributed by atoms with Crippen LogP contribution in [-0.2, 0) is 17.9 Å². The average Bonchev–Trinajstić information content (AvgIpc) is 3.15. The summed E-state index contributed by atoms with van der Waals surface area (Å²) in [5, 5.41) is 4.43. The Morgan fingerprint density at radius 2 is 2.00 bits per heavy atom. The van der Waals surface area contributed by atoms with Crippen molar-refractivity contribution >= 4 is 11.7 Å². The van der Waals surface area contributed by atoms with E-state index in [2.05, 4.69) is 14.6 Å². The number of rotatable bonds is 6. The minimum Gasteiger partial charge on any atom is -0.338 e. The summed E-state index contributed by atoms with van der Waals surface area (Å²) in [5.74, 6) is 1.08. The molecule has 1 amide bonds. The van der Waals surface area contributed by atoms with Gasteiger partial charge in [-0.05, 0) is 53.4 Å². The third kappa shape index (κ3) is 4.12. The van der Waals surface area contributed by atoms with Crippen LogP contribution in [0.25, 0.3) is 0 Å². The number of imidazole rings is 1. The highest BCUT2D eigenvalue weighted by molar-refractivity contribution is 5.96. The van der Waals surface area contributed by atoms with E-state index in [4.69, 9.17) is 0 Å². The van der Waals surface area contributed by atoms with Crippen LogP contribution < -0.4 is 0 Å². The van der Waals surface area contributed by atoms with Crippen LogP contribution in [0, 0.1) is 20.8 Å². The maximum absolute atomic E-state index is 13.0. The molecular weight excluding hydrogens is 342 g/mol. The largest absolute Gasteiger partial charge is 0.338 e. The summed E-state index contributed by atoms with van der Waals surface area (Å²) in [7, 11) is 0. The zero-order valence-electron chi connectivity index (χ0n) is 16.7.